The summed E-state index contributed by atoms with van der Waals surface area (Å²) < 4.78 is 33.6. The van der Waals surface area contributed by atoms with Crippen molar-refractivity contribution in [3.63, 3.8) is 0 Å². The SMILES string of the molecule is CCC(=O)N(c1ccccc1F)C1(c2ccccn2)CCN(CCn2cccn2)CC1.CCC(=O)N(c1ccccc1F)C1(c2ccccn2)CCN(CCn2cccn2)CC1.O=C(O)C(=O)O. The number of likely N-dealkylation sites (tertiary alicyclic amines) is 2. The first-order valence-electron chi connectivity index (χ1n) is 22.8. The molecule has 0 radical (unpaired) electrons. The highest BCUT2D eigenvalue weighted by Crippen LogP contribution is 2.44. The van der Waals surface area contributed by atoms with E-state index in [0.29, 0.717) is 49.9 Å². The number of aliphatic carboxylic acids is 2. The number of pyridine rings is 2. The highest BCUT2D eigenvalue weighted by Gasteiger charge is 2.47. The van der Waals surface area contributed by atoms with Crippen LogP contribution in [0.1, 0.15) is 63.8 Å². The summed E-state index contributed by atoms with van der Waals surface area (Å²) in [5.41, 5.74) is 0.908. The van der Waals surface area contributed by atoms with E-state index in [1.807, 2.05) is 84.1 Å². The monoisotopic (exact) mass is 932 g/mol. The molecule has 0 bridgehead atoms. The average Bonchev–Trinajstić information content (AvgIpc) is 4.11. The summed E-state index contributed by atoms with van der Waals surface area (Å²) in [5.74, 6) is -4.62. The van der Waals surface area contributed by atoms with E-state index < -0.39 is 23.0 Å². The van der Waals surface area contributed by atoms with Crippen LogP contribution in [-0.4, -0.2) is 113 Å². The van der Waals surface area contributed by atoms with Crippen LogP contribution in [0.2, 0.25) is 0 Å². The maximum atomic E-state index is 14.9. The fourth-order valence-electron chi connectivity index (χ4n) is 8.90. The van der Waals surface area contributed by atoms with Crippen LogP contribution in [0, 0.1) is 11.6 Å². The van der Waals surface area contributed by atoms with Gasteiger partial charge in [0.25, 0.3) is 0 Å². The molecule has 16 nitrogen and oxygen atoms in total. The zero-order chi connectivity index (χ0) is 48.5. The van der Waals surface area contributed by atoms with Gasteiger partial charge in [-0.15, -0.1) is 0 Å². The smallest absolute Gasteiger partial charge is 0.414 e. The van der Waals surface area contributed by atoms with Crippen molar-refractivity contribution in [1.29, 1.82) is 0 Å². The second-order valence-electron chi connectivity index (χ2n) is 16.4. The third kappa shape index (κ3) is 12.2. The minimum absolute atomic E-state index is 0.0965. The topological polar surface area (TPSA) is 183 Å². The molecule has 0 unspecified atom stereocenters. The zero-order valence-electron chi connectivity index (χ0n) is 38.4. The molecule has 2 aromatic carbocycles. The Morgan fingerprint density at radius 2 is 0.897 bits per heavy atom. The average molecular weight is 933 g/mol. The number of hydrogen-bond donors (Lipinski definition) is 2. The predicted molar refractivity (Wildman–Crippen MR) is 251 cm³/mol. The molecule has 2 aliphatic rings. The van der Waals surface area contributed by atoms with Crippen molar-refractivity contribution in [2.45, 2.75) is 76.5 Å². The first kappa shape index (κ1) is 50.2. The van der Waals surface area contributed by atoms with E-state index in [0.717, 1.165) is 63.7 Å². The number of rotatable bonds is 14. The van der Waals surface area contributed by atoms with Crippen LogP contribution in [0.15, 0.2) is 134 Å². The largest absolute Gasteiger partial charge is 0.473 e. The van der Waals surface area contributed by atoms with Gasteiger partial charge in [-0.2, -0.15) is 10.2 Å². The lowest BCUT2D eigenvalue weighted by atomic mass is 9.81. The van der Waals surface area contributed by atoms with E-state index >= 15 is 0 Å². The number of para-hydroxylation sites is 2. The zero-order valence-corrected chi connectivity index (χ0v) is 38.4. The van der Waals surface area contributed by atoms with E-state index in [1.165, 1.54) is 12.1 Å². The highest BCUT2D eigenvalue weighted by molar-refractivity contribution is 6.27. The molecule has 6 aromatic rings. The fraction of sp³-hybridized carbons (Fsp3) is 0.360. The summed E-state index contributed by atoms with van der Waals surface area (Å²) >= 11 is 0. The van der Waals surface area contributed by atoms with Crippen molar-refractivity contribution in [2.24, 2.45) is 0 Å². The standard InChI is InChI=1S/2C24H28FN5O.C2H2O4/c2*1-2-23(31)30(21-9-4-3-8-20(21)25)24(22-10-5-6-13-26-22)11-16-28(17-12-24)18-19-29-15-7-14-27-29;3-1(4)2(5)6/h2*3-10,13-15H,2,11-12,16-19H2,1H3;(H,3,4)(H,5,6). The Kier molecular flexibility index (Phi) is 17.7. The summed E-state index contributed by atoms with van der Waals surface area (Å²) in [6, 6.07) is 28.4. The number of aromatic nitrogens is 6. The Morgan fingerprint density at radius 3 is 1.19 bits per heavy atom. The third-order valence-electron chi connectivity index (χ3n) is 12.4. The molecule has 2 amide bonds. The van der Waals surface area contributed by atoms with Gasteiger partial charge in [-0.3, -0.25) is 38.7 Å². The summed E-state index contributed by atoms with van der Waals surface area (Å²) in [7, 11) is 0. The number of halogens is 2. The van der Waals surface area contributed by atoms with Gasteiger partial charge in [0.1, 0.15) is 11.6 Å². The van der Waals surface area contributed by atoms with E-state index in [4.69, 9.17) is 19.8 Å². The number of hydrogen-bond acceptors (Lipinski definition) is 10. The number of piperidine rings is 2. The van der Waals surface area contributed by atoms with Crippen molar-refractivity contribution in [3.8, 4) is 0 Å². The van der Waals surface area contributed by atoms with Gasteiger partial charge in [-0.05, 0) is 86.3 Å². The number of carboxylic acids is 2. The van der Waals surface area contributed by atoms with Gasteiger partial charge in [0, 0.05) is 89.3 Å². The van der Waals surface area contributed by atoms with Crippen molar-refractivity contribution in [3.05, 3.63) is 157 Å². The highest BCUT2D eigenvalue weighted by atomic mass is 19.1. The third-order valence-corrected chi connectivity index (χ3v) is 12.4. The van der Waals surface area contributed by atoms with Crippen LogP contribution in [-0.2, 0) is 43.3 Å². The lowest BCUT2D eigenvalue weighted by Gasteiger charge is -2.48. The molecule has 8 rings (SSSR count). The molecule has 2 aliphatic heterocycles. The van der Waals surface area contributed by atoms with Crippen molar-refractivity contribution < 1.29 is 38.2 Å². The van der Waals surface area contributed by atoms with Crippen LogP contribution < -0.4 is 9.80 Å². The molecular formula is C50H58F2N10O6. The number of amides is 2. The molecule has 0 saturated carbocycles. The molecule has 2 N–H and O–H groups in total. The first-order chi connectivity index (χ1) is 32.9. The van der Waals surface area contributed by atoms with E-state index in [2.05, 4.69) is 30.0 Å². The number of carbonyl (C=O) groups is 4. The fourth-order valence-corrected chi connectivity index (χ4v) is 8.90. The van der Waals surface area contributed by atoms with Gasteiger partial charge >= 0.3 is 11.9 Å². The molecule has 18 heteroatoms. The maximum Gasteiger partial charge on any atom is 0.414 e. The van der Waals surface area contributed by atoms with E-state index in [1.54, 1.807) is 71.0 Å². The Labute approximate surface area is 394 Å². The molecule has 6 heterocycles. The summed E-state index contributed by atoms with van der Waals surface area (Å²) in [6.45, 7) is 10.2. The van der Waals surface area contributed by atoms with Gasteiger partial charge in [-0.25, -0.2) is 18.4 Å². The van der Waals surface area contributed by atoms with Crippen LogP contribution in [0.5, 0.6) is 0 Å². The lowest BCUT2D eigenvalue weighted by molar-refractivity contribution is -0.159. The second-order valence-corrected chi connectivity index (χ2v) is 16.4. The Hall–Kier alpha value is -7.18. The quantitative estimate of drug-likeness (QED) is 0.109. The number of anilines is 2. The molecule has 2 saturated heterocycles. The van der Waals surface area contributed by atoms with Crippen LogP contribution >= 0.6 is 0 Å². The Balaban J connectivity index is 0.000000200. The van der Waals surface area contributed by atoms with Crippen LogP contribution in [0.3, 0.4) is 0 Å². The molecule has 358 valence electrons. The maximum absolute atomic E-state index is 14.9. The minimum atomic E-state index is -1.82. The van der Waals surface area contributed by atoms with Gasteiger partial charge < -0.3 is 20.0 Å². The predicted octanol–water partition coefficient (Wildman–Crippen LogP) is 6.86. The molecule has 68 heavy (non-hydrogen) atoms. The lowest BCUT2D eigenvalue weighted by Crippen LogP contribution is -2.56. The van der Waals surface area contributed by atoms with Crippen molar-refractivity contribution in [1.82, 2.24) is 39.3 Å². The number of carboxylic acid groups (broad SMARTS) is 2. The summed E-state index contributed by atoms with van der Waals surface area (Å²) in [4.78, 5) is 62.0. The van der Waals surface area contributed by atoms with Gasteiger partial charge in [0.05, 0.1) is 46.9 Å². The molecule has 0 aliphatic carbocycles. The molecule has 2 fully saturated rings. The Bertz CT molecular complexity index is 2340. The van der Waals surface area contributed by atoms with Gasteiger partial charge in [0.2, 0.25) is 11.8 Å². The van der Waals surface area contributed by atoms with Gasteiger partial charge in [-0.1, -0.05) is 50.2 Å². The minimum Gasteiger partial charge on any atom is -0.473 e. The van der Waals surface area contributed by atoms with Gasteiger partial charge in [0.15, 0.2) is 0 Å². The summed E-state index contributed by atoms with van der Waals surface area (Å²) in [5, 5.41) is 23.3. The van der Waals surface area contributed by atoms with Crippen LogP contribution in [0.25, 0.3) is 0 Å². The van der Waals surface area contributed by atoms with Crippen LogP contribution in [0.4, 0.5) is 20.2 Å². The number of benzene rings is 2. The molecular weight excluding hydrogens is 875 g/mol. The van der Waals surface area contributed by atoms with Crippen molar-refractivity contribution >= 4 is 35.1 Å². The number of carbonyl (C=O) groups excluding carboxylic acids is 2. The van der Waals surface area contributed by atoms with E-state index in [9.17, 15) is 18.4 Å². The molecule has 0 spiro atoms. The Morgan fingerprint density at radius 1 is 0.529 bits per heavy atom. The normalized spacial score (nSPS) is 15.4. The molecule has 0 atom stereocenters. The molecule has 4 aromatic heterocycles. The summed E-state index contributed by atoms with van der Waals surface area (Å²) in [6.07, 6.45) is 14.3. The second kappa shape index (κ2) is 24.0. The van der Waals surface area contributed by atoms with Crippen molar-refractivity contribution in [2.75, 3.05) is 49.1 Å². The van der Waals surface area contributed by atoms with E-state index in [-0.39, 0.29) is 23.4 Å². The first-order valence-corrected chi connectivity index (χ1v) is 22.8. The number of nitrogens with zero attached hydrogens (tertiary/aromatic N) is 10.